The van der Waals surface area contributed by atoms with E-state index in [1.54, 1.807) is 0 Å². The Hall–Kier alpha value is -3.10. The van der Waals surface area contributed by atoms with Crippen LogP contribution in [-0.4, -0.2) is 33.3 Å². The predicted molar refractivity (Wildman–Crippen MR) is 90.8 cm³/mol. The minimum absolute atomic E-state index is 0.0517. The number of carbonyl (C=O) groups is 1. The van der Waals surface area contributed by atoms with Crippen molar-refractivity contribution in [3.63, 3.8) is 0 Å². The molecule has 9 heteroatoms. The average Bonchev–Trinajstić information content (AvgIpc) is 2.56. The SMILES string of the molecule is CCC.N=C(c1ncc(F)c(NCC(=O)O)n1)c1cc(F)ccc1N. The van der Waals surface area contributed by atoms with Crippen LogP contribution in [0.15, 0.2) is 24.4 Å². The van der Waals surface area contributed by atoms with E-state index in [4.69, 9.17) is 16.2 Å². The first-order valence-corrected chi connectivity index (χ1v) is 7.42. The Morgan fingerprint density at radius 2 is 2.00 bits per heavy atom. The van der Waals surface area contributed by atoms with Crippen molar-refractivity contribution in [3.05, 3.63) is 47.4 Å². The summed E-state index contributed by atoms with van der Waals surface area (Å²) in [6.07, 6.45) is 2.04. The second-order valence-electron chi connectivity index (χ2n) is 4.95. The number of nitrogens with one attached hydrogen (secondary N) is 2. The highest BCUT2D eigenvalue weighted by Gasteiger charge is 2.15. The third-order valence-electron chi connectivity index (χ3n) is 2.66. The molecule has 0 saturated heterocycles. The van der Waals surface area contributed by atoms with E-state index in [0.29, 0.717) is 0 Å². The Labute approximate surface area is 143 Å². The third-order valence-corrected chi connectivity index (χ3v) is 2.66. The molecule has 0 spiro atoms. The average molecular weight is 351 g/mol. The number of benzene rings is 1. The maximum Gasteiger partial charge on any atom is 0.322 e. The predicted octanol–water partition coefficient (Wildman–Crippen LogP) is 2.67. The molecule has 1 heterocycles. The summed E-state index contributed by atoms with van der Waals surface area (Å²) in [4.78, 5) is 17.8. The molecule has 0 saturated carbocycles. The van der Waals surface area contributed by atoms with E-state index in [-0.39, 0.29) is 28.6 Å². The number of anilines is 2. The Balaban J connectivity index is 0.000000970. The Bertz CT molecular complexity index is 768. The smallest absolute Gasteiger partial charge is 0.322 e. The number of carboxylic acids is 1. The van der Waals surface area contributed by atoms with Crippen LogP contribution in [0.25, 0.3) is 0 Å². The normalized spacial score (nSPS) is 9.76. The molecule has 5 N–H and O–H groups in total. The van der Waals surface area contributed by atoms with Crippen molar-refractivity contribution in [2.75, 3.05) is 17.6 Å². The molecule has 0 bridgehead atoms. The molecule has 0 aliphatic heterocycles. The van der Waals surface area contributed by atoms with E-state index in [1.165, 1.54) is 12.5 Å². The first-order valence-electron chi connectivity index (χ1n) is 7.42. The Morgan fingerprint density at radius 3 is 2.60 bits per heavy atom. The fourth-order valence-corrected chi connectivity index (χ4v) is 1.64. The molecular weight excluding hydrogens is 332 g/mol. The zero-order valence-corrected chi connectivity index (χ0v) is 13.8. The molecule has 0 atom stereocenters. The van der Waals surface area contributed by atoms with Crippen LogP contribution in [0.2, 0.25) is 0 Å². The highest BCUT2D eigenvalue weighted by atomic mass is 19.1. The summed E-state index contributed by atoms with van der Waals surface area (Å²) in [7, 11) is 0. The van der Waals surface area contributed by atoms with E-state index < -0.39 is 24.1 Å². The summed E-state index contributed by atoms with van der Waals surface area (Å²) in [6, 6.07) is 3.46. The van der Waals surface area contributed by atoms with Gasteiger partial charge >= 0.3 is 5.97 Å². The fourth-order valence-electron chi connectivity index (χ4n) is 1.64. The molecule has 1 aromatic carbocycles. The number of nitrogen functional groups attached to an aromatic ring is 1. The van der Waals surface area contributed by atoms with E-state index in [1.807, 2.05) is 0 Å². The maximum absolute atomic E-state index is 13.5. The zero-order valence-electron chi connectivity index (χ0n) is 13.8. The van der Waals surface area contributed by atoms with E-state index >= 15 is 0 Å². The lowest BCUT2D eigenvalue weighted by Crippen LogP contribution is -2.17. The second-order valence-corrected chi connectivity index (χ2v) is 4.95. The van der Waals surface area contributed by atoms with Crippen molar-refractivity contribution in [3.8, 4) is 0 Å². The van der Waals surface area contributed by atoms with Gasteiger partial charge in [0.15, 0.2) is 17.5 Å². The van der Waals surface area contributed by atoms with Gasteiger partial charge in [0.05, 0.1) is 6.20 Å². The Morgan fingerprint density at radius 1 is 1.36 bits per heavy atom. The van der Waals surface area contributed by atoms with Crippen molar-refractivity contribution in [2.24, 2.45) is 0 Å². The molecule has 0 aliphatic carbocycles. The van der Waals surface area contributed by atoms with Gasteiger partial charge in [0.25, 0.3) is 0 Å². The van der Waals surface area contributed by atoms with Crippen molar-refractivity contribution >= 4 is 23.2 Å². The highest BCUT2D eigenvalue weighted by molar-refractivity contribution is 6.11. The number of aromatic nitrogens is 2. The van der Waals surface area contributed by atoms with Gasteiger partial charge in [0.1, 0.15) is 18.1 Å². The minimum atomic E-state index is -1.20. The number of hydrogen-bond acceptors (Lipinski definition) is 6. The number of aliphatic carboxylic acids is 1. The quantitative estimate of drug-likeness (QED) is 0.485. The van der Waals surface area contributed by atoms with E-state index in [2.05, 4.69) is 29.1 Å². The van der Waals surface area contributed by atoms with Crippen molar-refractivity contribution in [1.29, 1.82) is 5.41 Å². The maximum atomic E-state index is 13.5. The number of nitrogens with two attached hydrogens (primary N) is 1. The molecule has 2 rings (SSSR count). The van der Waals surface area contributed by atoms with Crippen LogP contribution in [0.4, 0.5) is 20.3 Å². The third kappa shape index (κ3) is 5.79. The first kappa shape index (κ1) is 19.9. The summed E-state index contributed by atoms with van der Waals surface area (Å²) in [5.74, 6) is -3.26. The fraction of sp³-hybridized carbons (Fsp3) is 0.250. The topological polar surface area (TPSA) is 125 Å². The van der Waals surface area contributed by atoms with Crippen LogP contribution in [0.1, 0.15) is 31.7 Å². The standard InChI is InChI=1S/C13H11F2N5O2.C3H8/c14-6-1-2-9(16)7(3-6)11(17)13-18-4-8(15)12(20-13)19-5-10(21)22;1-3-2/h1-4,17H,5,16H2,(H,21,22)(H,18,19,20);3H2,1-2H3. The van der Waals surface area contributed by atoms with Gasteiger partial charge in [-0.15, -0.1) is 0 Å². The second kappa shape index (κ2) is 9.26. The molecular formula is C16H19F2N5O2. The molecule has 7 nitrogen and oxygen atoms in total. The lowest BCUT2D eigenvalue weighted by Gasteiger charge is -2.09. The number of halogens is 2. The van der Waals surface area contributed by atoms with Crippen molar-refractivity contribution in [2.45, 2.75) is 20.3 Å². The summed E-state index contributed by atoms with van der Waals surface area (Å²) in [5.41, 5.74) is 5.54. The molecule has 2 aromatic rings. The molecule has 0 fully saturated rings. The molecule has 0 radical (unpaired) electrons. The van der Waals surface area contributed by atoms with Crippen LogP contribution >= 0.6 is 0 Å². The number of rotatable bonds is 5. The lowest BCUT2D eigenvalue weighted by atomic mass is 10.1. The minimum Gasteiger partial charge on any atom is -0.480 e. The molecule has 0 aliphatic rings. The summed E-state index contributed by atoms with van der Waals surface area (Å²) < 4.78 is 26.7. The summed E-state index contributed by atoms with van der Waals surface area (Å²) >= 11 is 0. The van der Waals surface area contributed by atoms with Gasteiger partial charge in [0, 0.05) is 11.3 Å². The Kier molecular flexibility index (Phi) is 7.39. The molecule has 134 valence electrons. The van der Waals surface area contributed by atoms with Crippen LogP contribution < -0.4 is 11.1 Å². The van der Waals surface area contributed by atoms with E-state index in [9.17, 15) is 13.6 Å². The monoisotopic (exact) mass is 351 g/mol. The van der Waals surface area contributed by atoms with Gasteiger partial charge in [-0.2, -0.15) is 0 Å². The number of hydrogen-bond donors (Lipinski definition) is 4. The largest absolute Gasteiger partial charge is 0.480 e. The summed E-state index contributed by atoms with van der Waals surface area (Å²) in [6.45, 7) is 3.70. The van der Waals surface area contributed by atoms with Gasteiger partial charge in [-0.05, 0) is 18.2 Å². The molecule has 1 aromatic heterocycles. The highest BCUT2D eigenvalue weighted by Crippen LogP contribution is 2.18. The van der Waals surface area contributed by atoms with Gasteiger partial charge in [0.2, 0.25) is 0 Å². The summed E-state index contributed by atoms with van der Waals surface area (Å²) in [5, 5.41) is 18.8. The first-order chi connectivity index (χ1) is 11.8. The molecule has 25 heavy (non-hydrogen) atoms. The number of carboxylic acid groups (broad SMARTS) is 1. The number of nitrogens with zero attached hydrogens (tertiary/aromatic N) is 2. The van der Waals surface area contributed by atoms with Gasteiger partial charge in [-0.3, -0.25) is 10.2 Å². The van der Waals surface area contributed by atoms with Crippen molar-refractivity contribution in [1.82, 2.24) is 9.97 Å². The lowest BCUT2D eigenvalue weighted by molar-refractivity contribution is -0.134. The molecule has 0 unspecified atom stereocenters. The van der Waals surface area contributed by atoms with E-state index in [0.717, 1.165) is 18.3 Å². The van der Waals surface area contributed by atoms with Crippen LogP contribution in [-0.2, 0) is 4.79 Å². The van der Waals surface area contributed by atoms with Crippen LogP contribution in [0, 0.1) is 17.0 Å². The van der Waals surface area contributed by atoms with Gasteiger partial charge < -0.3 is 16.2 Å². The van der Waals surface area contributed by atoms with Crippen LogP contribution in [0.3, 0.4) is 0 Å². The van der Waals surface area contributed by atoms with Gasteiger partial charge in [-0.25, -0.2) is 18.7 Å². The zero-order chi connectivity index (χ0) is 19.0. The van der Waals surface area contributed by atoms with Crippen molar-refractivity contribution < 1.29 is 18.7 Å². The van der Waals surface area contributed by atoms with Crippen LogP contribution in [0.5, 0.6) is 0 Å². The molecule has 0 amide bonds. The van der Waals surface area contributed by atoms with Gasteiger partial charge in [-0.1, -0.05) is 20.3 Å².